The second-order valence-electron chi connectivity index (χ2n) is 10.4. The van der Waals surface area contributed by atoms with Crippen LogP contribution < -0.4 is 0 Å². The van der Waals surface area contributed by atoms with E-state index < -0.39 is 5.97 Å². The molecule has 0 saturated heterocycles. The number of esters is 1. The molecule has 0 aromatic rings. The standard InChI is InChI=1S/C23H34O5/c1-22-11-9-15(24)13-14(22)3-4-16-17-5-6-19(23(17,2)12-10-18(16)22)28-21(27)8-7-20(25)26/h14,16-19H,3-13H2,1-2H3,(H,25,26)/t14-,16-,17-,18+,19+,22+,23+/m1/s1. The molecule has 0 aromatic heterocycles. The largest absolute Gasteiger partial charge is 0.481 e. The van der Waals surface area contributed by atoms with Gasteiger partial charge in [0.25, 0.3) is 0 Å². The maximum Gasteiger partial charge on any atom is 0.306 e. The summed E-state index contributed by atoms with van der Waals surface area (Å²) in [5, 5.41) is 8.80. The van der Waals surface area contributed by atoms with Crippen LogP contribution >= 0.6 is 0 Å². The lowest BCUT2D eigenvalue weighted by Gasteiger charge is -2.60. The van der Waals surface area contributed by atoms with E-state index in [9.17, 15) is 14.4 Å². The van der Waals surface area contributed by atoms with Crippen molar-refractivity contribution in [2.45, 2.75) is 90.6 Å². The summed E-state index contributed by atoms with van der Waals surface area (Å²) in [4.78, 5) is 34.9. The van der Waals surface area contributed by atoms with Crippen LogP contribution in [0, 0.1) is 34.5 Å². The van der Waals surface area contributed by atoms with Gasteiger partial charge in [0, 0.05) is 18.3 Å². The van der Waals surface area contributed by atoms with Gasteiger partial charge in [-0.2, -0.15) is 0 Å². The molecule has 1 N–H and O–H groups in total. The van der Waals surface area contributed by atoms with Crippen molar-refractivity contribution in [2.75, 3.05) is 0 Å². The minimum atomic E-state index is -0.955. The third kappa shape index (κ3) is 3.19. The average Bonchev–Trinajstić information content (AvgIpc) is 2.97. The topological polar surface area (TPSA) is 80.7 Å². The fourth-order valence-electron chi connectivity index (χ4n) is 7.62. The Kier molecular flexibility index (Phi) is 5.08. The first-order valence-electron chi connectivity index (χ1n) is 11.2. The van der Waals surface area contributed by atoms with Crippen molar-refractivity contribution < 1.29 is 24.2 Å². The third-order valence-electron chi connectivity index (χ3n) is 9.21. The van der Waals surface area contributed by atoms with E-state index in [0.29, 0.717) is 34.9 Å². The molecule has 0 amide bonds. The molecule has 4 fully saturated rings. The van der Waals surface area contributed by atoms with Crippen molar-refractivity contribution in [1.29, 1.82) is 0 Å². The summed E-state index contributed by atoms with van der Waals surface area (Å²) >= 11 is 0. The van der Waals surface area contributed by atoms with E-state index in [2.05, 4.69) is 13.8 Å². The van der Waals surface area contributed by atoms with E-state index in [1.165, 1.54) is 19.3 Å². The van der Waals surface area contributed by atoms with Gasteiger partial charge in [-0.15, -0.1) is 0 Å². The Bertz CT molecular complexity index is 672. The molecule has 0 unspecified atom stereocenters. The van der Waals surface area contributed by atoms with Gasteiger partial charge in [0.05, 0.1) is 12.8 Å². The Hall–Kier alpha value is -1.39. The summed E-state index contributed by atoms with van der Waals surface area (Å²) in [7, 11) is 0. The third-order valence-corrected chi connectivity index (χ3v) is 9.21. The Morgan fingerprint density at radius 2 is 1.75 bits per heavy atom. The second kappa shape index (κ2) is 7.14. The number of ether oxygens (including phenoxy) is 1. The number of hydrogen-bond donors (Lipinski definition) is 1. The van der Waals surface area contributed by atoms with Crippen LogP contribution in [0.15, 0.2) is 0 Å². The number of aliphatic carboxylic acids is 1. The molecule has 5 heteroatoms. The Morgan fingerprint density at radius 1 is 1.00 bits per heavy atom. The Labute approximate surface area is 167 Å². The van der Waals surface area contributed by atoms with Crippen LogP contribution in [0.3, 0.4) is 0 Å². The molecule has 0 aliphatic heterocycles. The van der Waals surface area contributed by atoms with Gasteiger partial charge in [0.15, 0.2) is 0 Å². The predicted octanol–water partition coefficient (Wildman–Crippen LogP) is 4.37. The molecule has 0 radical (unpaired) electrons. The molecule has 7 atom stereocenters. The first-order valence-corrected chi connectivity index (χ1v) is 11.2. The number of carboxylic acids is 1. The maximum absolute atomic E-state index is 12.2. The molecule has 4 rings (SSSR count). The van der Waals surface area contributed by atoms with E-state index in [1.807, 2.05) is 0 Å². The highest BCUT2D eigenvalue weighted by molar-refractivity contribution is 5.79. The summed E-state index contributed by atoms with van der Waals surface area (Å²) in [5.41, 5.74) is 0.322. The number of carbonyl (C=O) groups is 3. The van der Waals surface area contributed by atoms with Gasteiger partial charge in [-0.3, -0.25) is 14.4 Å². The maximum atomic E-state index is 12.2. The van der Waals surface area contributed by atoms with Gasteiger partial charge in [0.1, 0.15) is 11.9 Å². The summed E-state index contributed by atoms with van der Waals surface area (Å²) in [6.07, 6.45) is 8.95. The van der Waals surface area contributed by atoms with Gasteiger partial charge in [-0.25, -0.2) is 0 Å². The first-order chi connectivity index (χ1) is 13.2. The van der Waals surface area contributed by atoms with Crippen molar-refractivity contribution in [1.82, 2.24) is 0 Å². The zero-order valence-electron chi connectivity index (χ0n) is 17.2. The van der Waals surface area contributed by atoms with Gasteiger partial charge >= 0.3 is 11.9 Å². The van der Waals surface area contributed by atoms with Crippen LogP contribution in [-0.2, 0) is 19.1 Å². The summed E-state index contributed by atoms with van der Waals surface area (Å²) in [6.45, 7) is 4.75. The molecule has 28 heavy (non-hydrogen) atoms. The quantitative estimate of drug-likeness (QED) is 0.721. The molecule has 0 spiro atoms. The summed E-state index contributed by atoms with van der Waals surface area (Å²) in [5.74, 6) is 1.65. The van der Waals surface area contributed by atoms with Gasteiger partial charge in [-0.1, -0.05) is 13.8 Å². The van der Waals surface area contributed by atoms with Crippen molar-refractivity contribution in [3.05, 3.63) is 0 Å². The molecular formula is C23H34O5. The SMILES string of the molecule is C[C@]12CCC(=O)C[C@H]1CC[C@@H]1[C@H]3CC[C@H](OC(=O)CCC(=O)O)[C@@]3(C)CC[C@@H]12. The van der Waals surface area contributed by atoms with Crippen molar-refractivity contribution in [3.63, 3.8) is 0 Å². The predicted molar refractivity (Wildman–Crippen MR) is 103 cm³/mol. The fourth-order valence-corrected chi connectivity index (χ4v) is 7.62. The number of carboxylic acid groups (broad SMARTS) is 1. The molecule has 156 valence electrons. The molecule has 4 saturated carbocycles. The van der Waals surface area contributed by atoms with Crippen molar-refractivity contribution in [2.24, 2.45) is 34.5 Å². The monoisotopic (exact) mass is 390 g/mol. The highest BCUT2D eigenvalue weighted by atomic mass is 16.5. The van der Waals surface area contributed by atoms with Crippen LogP contribution in [0.2, 0.25) is 0 Å². The second-order valence-corrected chi connectivity index (χ2v) is 10.4. The van der Waals surface area contributed by atoms with Crippen molar-refractivity contribution >= 4 is 17.7 Å². The Morgan fingerprint density at radius 3 is 2.50 bits per heavy atom. The van der Waals surface area contributed by atoms with Gasteiger partial charge < -0.3 is 9.84 Å². The van der Waals surface area contributed by atoms with Crippen molar-refractivity contribution in [3.8, 4) is 0 Å². The highest BCUT2D eigenvalue weighted by Crippen LogP contribution is 2.66. The number of ketones is 1. The molecule has 4 aliphatic rings. The summed E-state index contributed by atoms with van der Waals surface area (Å²) in [6, 6.07) is 0. The molecule has 0 bridgehead atoms. The van der Waals surface area contributed by atoms with Gasteiger partial charge in [0.2, 0.25) is 0 Å². The molecule has 5 nitrogen and oxygen atoms in total. The van der Waals surface area contributed by atoms with E-state index in [0.717, 1.165) is 38.5 Å². The first kappa shape index (κ1) is 19.9. The van der Waals surface area contributed by atoms with E-state index in [-0.39, 0.29) is 30.3 Å². The zero-order chi connectivity index (χ0) is 20.1. The number of rotatable bonds is 4. The molecule has 4 aliphatic carbocycles. The van der Waals surface area contributed by atoms with E-state index in [4.69, 9.17) is 9.84 Å². The Balaban J connectivity index is 1.47. The smallest absolute Gasteiger partial charge is 0.306 e. The van der Waals surface area contributed by atoms with Crippen LogP contribution in [-0.4, -0.2) is 28.9 Å². The number of Topliss-reactive ketones (excluding diaryl/α,β-unsaturated/α-hetero) is 1. The summed E-state index contributed by atoms with van der Waals surface area (Å²) < 4.78 is 5.81. The molecular weight excluding hydrogens is 356 g/mol. The van der Waals surface area contributed by atoms with E-state index in [1.54, 1.807) is 0 Å². The average molecular weight is 391 g/mol. The lowest BCUT2D eigenvalue weighted by Crippen LogP contribution is -2.54. The van der Waals surface area contributed by atoms with Crippen LogP contribution in [0.25, 0.3) is 0 Å². The highest BCUT2D eigenvalue weighted by Gasteiger charge is 2.61. The van der Waals surface area contributed by atoms with E-state index >= 15 is 0 Å². The molecule has 0 heterocycles. The van der Waals surface area contributed by atoms with Crippen LogP contribution in [0.4, 0.5) is 0 Å². The minimum absolute atomic E-state index is 0.0216. The van der Waals surface area contributed by atoms with Gasteiger partial charge in [-0.05, 0) is 74.0 Å². The number of hydrogen-bond acceptors (Lipinski definition) is 4. The molecule has 0 aromatic carbocycles. The zero-order valence-corrected chi connectivity index (χ0v) is 17.2. The minimum Gasteiger partial charge on any atom is -0.481 e. The van der Waals surface area contributed by atoms with Crippen LogP contribution in [0.1, 0.15) is 84.5 Å². The fraction of sp³-hybridized carbons (Fsp3) is 0.870. The number of carbonyl (C=O) groups excluding carboxylic acids is 2. The van der Waals surface area contributed by atoms with Crippen LogP contribution in [0.5, 0.6) is 0 Å². The number of fused-ring (bicyclic) bond motifs is 5. The lowest BCUT2D eigenvalue weighted by atomic mass is 9.45. The lowest BCUT2D eigenvalue weighted by molar-refractivity contribution is -0.165. The normalized spacial score (nSPS) is 44.9.